The van der Waals surface area contributed by atoms with Crippen LogP contribution >= 0.6 is 0 Å². The minimum Gasteiger partial charge on any atom is -0.462 e. The average Bonchev–Trinajstić information content (AvgIpc) is 3.42. The summed E-state index contributed by atoms with van der Waals surface area (Å²) < 4.78 is 16.9. The Balaban J connectivity index is 4.33. The summed E-state index contributed by atoms with van der Waals surface area (Å²) in [5.41, 5.74) is 0. The lowest BCUT2D eigenvalue weighted by Crippen LogP contribution is -2.30. The van der Waals surface area contributed by atoms with Gasteiger partial charge in [-0.15, -0.1) is 0 Å². The number of carbonyl (C=O) groups is 3. The highest BCUT2D eigenvalue weighted by atomic mass is 16.6. The molecule has 6 heteroatoms. The van der Waals surface area contributed by atoms with Crippen LogP contribution in [-0.2, 0) is 28.6 Å². The lowest BCUT2D eigenvalue weighted by Gasteiger charge is -2.18. The van der Waals surface area contributed by atoms with Gasteiger partial charge in [0.1, 0.15) is 13.2 Å². The molecule has 1 atom stereocenters. The third kappa shape index (κ3) is 60.9. The Morgan fingerprint density at radius 3 is 0.816 bits per heavy atom. The highest BCUT2D eigenvalue weighted by Gasteiger charge is 2.19. The van der Waals surface area contributed by atoms with Crippen molar-refractivity contribution >= 4 is 17.9 Å². The molecule has 0 saturated carbocycles. The van der Waals surface area contributed by atoms with Gasteiger partial charge in [0.2, 0.25) is 0 Å². The summed E-state index contributed by atoms with van der Waals surface area (Å²) in [5.74, 6) is -0.904. The summed E-state index contributed by atoms with van der Waals surface area (Å²) in [6.07, 6.45) is 86.6. The molecule has 0 aliphatic rings. The van der Waals surface area contributed by atoms with E-state index in [1.807, 2.05) is 0 Å². The van der Waals surface area contributed by atoms with Gasteiger partial charge in [0.05, 0.1) is 0 Å². The second kappa shape index (κ2) is 63.6. The van der Waals surface area contributed by atoms with Gasteiger partial charge in [-0.25, -0.2) is 0 Å². The predicted molar refractivity (Wildman–Crippen MR) is 330 cm³/mol. The zero-order valence-corrected chi connectivity index (χ0v) is 49.7. The monoisotopic (exact) mass is 1050 g/mol. The molecule has 434 valence electrons. The Morgan fingerprint density at radius 1 is 0.276 bits per heavy atom. The molecule has 76 heavy (non-hydrogen) atoms. The number of esters is 3. The van der Waals surface area contributed by atoms with Crippen molar-refractivity contribution in [3.63, 3.8) is 0 Å². The summed E-state index contributed by atoms with van der Waals surface area (Å²) >= 11 is 0. The number of ether oxygens (including phenoxy) is 3. The normalized spacial score (nSPS) is 12.8. The molecular formula is C70H118O6. The van der Waals surface area contributed by atoms with Crippen LogP contribution in [0, 0.1) is 0 Å². The second-order valence-electron chi connectivity index (χ2n) is 20.9. The van der Waals surface area contributed by atoms with Gasteiger partial charge >= 0.3 is 17.9 Å². The molecule has 0 fully saturated rings. The molecule has 0 aromatic heterocycles. The molecule has 0 N–H and O–H groups in total. The van der Waals surface area contributed by atoms with Crippen LogP contribution in [0.3, 0.4) is 0 Å². The van der Waals surface area contributed by atoms with Crippen LogP contribution < -0.4 is 0 Å². The molecule has 0 rings (SSSR count). The molecule has 0 spiro atoms. The van der Waals surface area contributed by atoms with Gasteiger partial charge in [-0.1, -0.05) is 278 Å². The smallest absolute Gasteiger partial charge is 0.306 e. The molecule has 0 radical (unpaired) electrons. The number of rotatable bonds is 57. The van der Waals surface area contributed by atoms with E-state index in [2.05, 4.69) is 130 Å². The lowest BCUT2D eigenvalue weighted by atomic mass is 10.0. The number of hydrogen-bond acceptors (Lipinski definition) is 6. The van der Waals surface area contributed by atoms with Crippen LogP contribution in [0.15, 0.2) is 109 Å². The van der Waals surface area contributed by atoms with E-state index < -0.39 is 6.10 Å². The summed E-state index contributed by atoms with van der Waals surface area (Å²) in [7, 11) is 0. The quantitative estimate of drug-likeness (QED) is 0.0261. The van der Waals surface area contributed by atoms with Crippen LogP contribution in [-0.4, -0.2) is 37.2 Å². The minimum atomic E-state index is -0.791. The molecule has 0 aromatic carbocycles. The average molecular weight is 1060 g/mol. The summed E-state index contributed by atoms with van der Waals surface area (Å²) in [5, 5.41) is 0. The van der Waals surface area contributed by atoms with Crippen molar-refractivity contribution in [3.05, 3.63) is 109 Å². The van der Waals surface area contributed by atoms with Crippen molar-refractivity contribution in [2.24, 2.45) is 0 Å². The molecule has 0 saturated heterocycles. The van der Waals surface area contributed by atoms with Crippen molar-refractivity contribution in [2.75, 3.05) is 13.2 Å². The fourth-order valence-electron chi connectivity index (χ4n) is 8.75. The van der Waals surface area contributed by atoms with Gasteiger partial charge in [-0.05, 0) is 109 Å². The molecule has 1 unspecified atom stereocenters. The molecule has 0 aliphatic heterocycles. The van der Waals surface area contributed by atoms with Gasteiger partial charge < -0.3 is 14.2 Å². The highest BCUT2D eigenvalue weighted by Crippen LogP contribution is 2.16. The van der Waals surface area contributed by atoms with E-state index in [0.717, 1.165) is 135 Å². The first-order valence-electron chi connectivity index (χ1n) is 31.9. The zero-order chi connectivity index (χ0) is 55.0. The van der Waals surface area contributed by atoms with Crippen LogP contribution in [0.5, 0.6) is 0 Å². The standard InChI is InChI=1S/C70H118O6/c1-4-7-10-13-16-19-22-25-27-29-30-31-32-33-34-35-36-37-38-39-40-41-43-45-48-51-54-57-60-63-69(72)75-66-67(65-74-68(71)62-59-56-53-50-47-44-24-21-18-15-12-9-6-3)76-70(73)64-61-58-55-52-49-46-42-28-26-23-20-17-14-11-8-5-2/h7,10,16,19-20,23,25,27-28,30-31,33-34,36-37,39-40,42,67H,4-6,8-9,11-15,17-18,21-22,24,26,29,32,35,38,41,43-66H2,1-3H3/b10-7-,19-16-,23-20-,27-25-,31-30-,34-33-,37-36-,40-39-,42-28-. The maximum atomic E-state index is 12.9. The van der Waals surface area contributed by atoms with E-state index in [0.29, 0.717) is 19.3 Å². The Kier molecular flexibility index (Phi) is 60.3. The van der Waals surface area contributed by atoms with Crippen LogP contribution in [0.4, 0.5) is 0 Å². The van der Waals surface area contributed by atoms with E-state index in [4.69, 9.17) is 14.2 Å². The van der Waals surface area contributed by atoms with E-state index >= 15 is 0 Å². The van der Waals surface area contributed by atoms with Crippen molar-refractivity contribution in [1.82, 2.24) is 0 Å². The van der Waals surface area contributed by atoms with Gasteiger partial charge in [-0.2, -0.15) is 0 Å². The largest absolute Gasteiger partial charge is 0.462 e. The van der Waals surface area contributed by atoms with Gasteiger partial charge in [0, 0.05) is 19.3 Å². The third-order valence-corrected chi connectivity index (χ3v) is 13.5. The second-order valence-corrected chi connectivity index (χ2v) is 20.9. The molecule has 0 aromatic rings. The van der Waals surface area contributed by atoms with Gasteiger partial charge in [0.15, 0.2) is 6.10 Å². The molecule has 0 heterocycles. The Morgan fingerprint density at radius 2 is 0.513 bits per heavy atom. The predicted octanol–water partition coefficient (Wildman–Crippen LogP) is 21.8. The first-order chi connectivity index (χ1) is 37.5. The Hall–Kier alpha value is -3.93. The lowest BCUT2D eigenvalue weighted by molar-refractivity contribution is -0.167. The first-order valence-corrected chi connectivity index (χ1v) is 31.9. The summed E-state index contributed by atoms with van der Waals surface area (Å²) in [6.45, 7) is 6.50. The number of unbranched alkanes of at least 4 members (excludes halogenated alkanes) is 28. The number of carbonyl (C=O) groups excluding carboxylic acids is 3. The molecular weight excluding hydrogens is 937 g/mol. The minimum absolute atomic E-state index is 0.0855. The number of allylic oxidation sites excluding steroid dienone is 18. The van der Waals surface area contributed by atoms with E-state index in [9.17, 15) is 14.4 Å². The van der Waals surface area contributed by atoms with Gasteiger partial charge in [-0.3, -0.25) is 14.4 Å². The topological polar surface area (TPSA) is 78.9 Å². The summed E-state index contributed by atoms with van der Waals surface area (Å²) in [4.78, 5) is 38.3. The van der Waals surface area contributed by atoms with Crippen molar-refractivity contribution < 1.29 is 28.6 Å². The maximum absolute atomic E-state index is 12.9. The highest BCUT2D eigenvalue weighted by molar-refractivity contribution is 5.71. The van der Waals surface area contributed by atoms with Crippen LogP contribution in [0.25, 0.3) is 0 Å². The Labute approximate surface area is 470 Å². The van der Waals surface area contributed by atoms with Crippen LogP contribution in [0.1, 0.15) is 297 Å². The molecule has 0 bridgehead atoms. The fourth-order valence-corrected chi connectivity index (χ4v) is 8.75. The molecule has 6 nitrogen and oxygen atoms in total. The fraction of sp³-hybridized carbons (Fsp3) is 0.700. The zero-order valence-electron chi connectivity index (χ0n) is 49.7. The SMILES string of the molecule is CC/C=C\C/C=C\C/C=C\C/C=C\C/C=C\C/C=C\C/C=C\CCCCCCCCCC(=O)OCC(COC(=O)CCCCCCCCCCCCCCC)OC(=O)CCCCCCC/C=C\C/C=C\CCCCCC. The molecule has 0 amide bonds. The Bertz CT molecular complexity index is 1540. The third-order valence-electron chi connectivity index (χ3n) is 13.5. The summed E-state index contributed by atoms with van der Waals surface area (Å²) in [6, 6.07) is 0. The van der Waals surface area contributed by atoms with Crippen LogP contribution in [0.2, 0.25) is 0 Å². The first kappa shape index (κ1) is 72.1. The van der Waals surface area contributed by atoms with Crippen molar-refractivity contribution in [3.8, 4) is 0 Å². The van der Waals surface area contributed by atoms with E-state index in [-0.39, 0.29) is 31.1 Å². The van der Waals surface area contributed by atoms with Crippen molar-refractivity contribution in [2.45, 2.75) is 303 Å². The van der Waals surface area contributed by atoms with Crippen molar-refractivity contribution in [1.29, 1.82) is 0 Å². The molecule has 0 aliphatic carbocycles. The van der Waals surface area contributed by atoms with E-state index in [1.165, 1.54) is 122 Å². The van der Waals surface area contributed by atoms with E-state index in [1.54, 1.807) is 0 Å². The maximum Gasteiger partial charge on any atom is 0.306 e. The van der Waals surface area contributed by atoms with Gasteiger partial charge in [0.25, 0.3) is 0 Å². The number of hydrogen-bond donors (Lipinski definition) is 0.